The van der Waals surface area contributed by atoms with Crippen LogP contribution in [0.15, 0.2) is 53.8 Å². The number of nitrogens with zero attached hydrogens (tertiary/aromatic N) is 4. The highest BCUT2D eigenvalue weighted by molar-refractivity contribution is 7.16. The van der Waals surface area contributed by atoms with Gasteiger partial charge in [-0.25, -0.2) is 4.68 Å². The lowest BCUT2D eigenvalue weighted by Gasteiger charge is -2.20. The molecule has 8 heteroatoms. The van der Waals surface area contributed by atoms with Crippen molar-refractivity contribution in [2.24, 2.45) is 0 Å². The van der Waals surface area contributed by atoms with Crippen LogP contribution in [0.1, 0.15) is 11.3 Å². The van der Waals surface area contributed by atoms with Gasteiger partial charge in [0.1, 0.15) is 5.52 Å². The zero-order chi connectivity index (χ0) is 18.5. The first-order valence-corrected chi connectivity index (χ1v) is 9.23. The summed E-state index contributed by atoms with van der Waals surface area (Å²) in [6.07, 6.45) is 1.83. The van der Waals surface area contributed by atoms with Crippen LogP contribution in [-0.2, 0) is 17.9 Å². The average molecular weight is 389 g/mol. The normalized spacial score (nSPS) is 10.8. The van der Waals surface area contributed by atoms with E-state index in [9.17, 15) is 9.59 Å². The Morgan fingerprint density at radius 3 is 2.85 bits per heavy atom. The van der Waals surface area contributed by atoms with Crippen LogP contribution in [0.4, 0.5) is 0 Å². The Labute approximate surface area is 159 Å². The molecule has 26 heavy (non-hydrogen) atoms. The Morgan fingerprint density at radius 1 is 1.31 bits per heavy atom. The SMILES string of the molecule is C=CCN(Cc1ccc(Cl)s1)C(=O)CCn1nnc2ccccc2c1=O. The lowest BCUT2D eigenvalue weighted by molar-refractivity contribution is -0.131. The second kappa shape index (κ2) is 8.25. The first-order chi connectivity index (χ1) is 12.6. The van der Waals surface area contributed by atoms with Gasteiger partial charge in [-0.1, -0.05) is 35.0 Å². The fourth-order valence-electron chi connectivity index (χ4n) is 2.56. The zero-order valence-corrected chi connectivity index (χ0v) is 15.5. The van der Waals surface area contributed by atoms with E-state index < -0.39 is 0 Å². The third kappa shape index (κ3) is 4.17. The van der Waals surface area contributed by atoms with Gasteiger partial charge in [0.2, 0.25) is 5.91 Å². The predicted octanol–water partition coefficient (Wildman–Crippen LogP) is 3.11. The summed E-state index contributed by atoms with van der Waals surface area (Å²) in [4.78, 5) is 27.7. The topological polar surface area (TPSA) is 68.1 Å². The Bertz CT molecular complexity index is 998. The Balaban J connectivity index is 1.71. The van der Waals surface area contributed by atoms with E-state index in [4.69, 9.17) is 11.6 Å². The van der Waals surface area contributed by atoms with E-state index in [1.807, 2.05) is 12.1 Å². The van der Waals surface area contributed by atoms with Crippen LogP contribution in [-0.4, -0.2) is 32.3 Å². The number of fused-ring (bicyclic) bond motifs is 1. The van der Waals surface area contributed by atoms with E-state index in [2.05, 4.69) is 16.9 Å². The zero-order valence-electron chi connectivity index (χ0n) is 14.0. The second-order valence-corrected chi connectivity index (χ2v) is 7.45. The van der Waals surface area contributed by atoms with Gasteiger partial charge in [0.15, 0.2) is 0 Å². The first kappa shape index (κ1) is 18.3. The van der Waals surface area contributed by atoms with Gasteiger partial charge < -0.3 is 4.90 Å². The molecule has 1 aromatic carbocycles. The van der Waals surface area contributed by atoms with Gasteiger partial charge in [0.05, 0.1) is 22.8 Å². The minimum Gasteiger partial charge on any atom is -0.334 e. The molecular weight excluding hydrogens is 372 g/mol. The molecule has 0 unspecified atom stereocenters. The van der Waals surface area contributed by atoms with Gasteiger partial charge in [-0.3, -0.25) is 9.59 Å². The number of thiophene rings is 1. The molecule has 6 nitrogen and oxygen atoms in total. The van der Waals surface area contributed by atoms with Crippen LogP contribution >= 0.6 is 22.9 Å². The van der Waals surface area contributed by atoms with Crippen LogP contribution in [0, 0.1) is 0 Å². The van der Waals surface area contributed by atoms with E-state index in [-0.39, 0.29) is 24.4 Å². The molecule has 0 saturated heterocycles. The van der Waals surface area contributed by atoms with Crippen LogP contribution in [0.5, 0.6) is 0 Å². The number of rotatable bonds is 7. The number of halogens is 1. The van der Waals surface area contributed by atoms with Crippen molar-refractivity contribution in [2.45, 2.75) is 19.5 Å². The summed E-state index contributed by atoms with van der Waals surface area (Å²) in [7, 11) is 0. The predicted molar refractivity (Wildman–Crippen MR) is 103 cm³/mol. The molecule has 3 aromatic rings. The average Bonchev–Trinajstić information content (AvgIpc) is 3.05. The maximum Gasteiger partial charge on any atom is 0.277 e. The number of carbonyl (C=O) groups excluding carboxylic acids is 1. The van der Waals surface area contributed by atoms with E-state index in [0.717, 1.165) is 4.88 Å². The molecule has 2 heterocycles. The van der Waals surface area contributed by atoms with Crippen LogP contribution in [0.25, 0.3) is 10.9 Å². The molecule has 0 saturated carbocycles. The molecule has 0 N–H and O–H groups in total. The molecular formula is C18H17ClN4O2S. The summed E-state index contributed by atoms with van der Waals surface area (Å²) in [6.45, 7) is 4.76. The van der Waals surface area contributed by atoms with Crippen molar-refractivity contribution in [1.82, 2.24) is 19.9 Å². The molecule has 0 atom stereocenters. The van der Waals surface area contributed by atoms with Crippen molar-refractivity contribution in [3.05, 3.63) is 68.6 Å². The highest BCUT2D eigenvalue weighted by Gasteiger charge is 2.15. The largest absolute Gasteiger partial charge is 0.334 e. The maximum absolute atomic E-state index is 12.6. The summed E-state index contributed by atoms with van der Waals surface area (Å²) in [5.41, 5.74) is 0.298. The Kier molecular flexibility index (Phi) is 5.80. The first-order valence-electron chi connectivity index (χ1n) is 8.04. The summed E-state index contributed by atoms with van der Waals surface area (Å²) in [6, 6.07) is 10.7. The van der Waals surface area contributed by atoms with Crippen molar-refractivity contribution in [3.8, 4) is 0 Å². The third-order valence-corrected chi connectivity index (χ3v) is 5.06. The third-order valence-electron chi connectivity index (χ3n) is 3.84. The minimum atomic E-state index is -0.247. The van der Waals surface area contributed by atoms with E-state index >= 15 is 0 Å². The number of benzene rings is 1. The summed E-state index contributed by atoms with van der Waals surface area (Å²) < 4.78 is 1.91. The molecule has 0 aliphatic carbocycles. The number of aromatic nitrogens is 3. The molecule has 3 rings (SSSR count). The minimum absolute atomic E-state index is 0.0868. The van der Waals surface area contributed by atoms with E-state index in [1.165, 1.54) is 16.0 Å². The highest BCUT2D eigenvalue weighted by Crippen LogP contribution is 2.23. The van der Waals surface area contributed by atoms with Gasteiger partial charge in [0, 0.05) is 17.8 Å². The van der Waals surface area contributed by atoms with Crippen molar-refractivity contribution < 1.29 is 4.79 Å². The van der Waals surface area contributed by atoms with E-state index in [0.29, 0.717) is 28.3 Å². The number of hydrogen-bond donors (Lipinski definition) is 0. The molecule has 0 radical (unpaired) electrons. The van der Waals surface area contributed by atoms with Crippen LogP contribution < -0.4 is 5.56 Å². The smallest absolute Gasteiger partial charge is 0.277 e. The fraction of sp³-hybridized carbons (Fsp3) is 0.222. The van der Waals surface area contributed by atoms with Gasteiger partial charge >= 0.3 is 0 Å². The monoisotopic (exact) mass is 388 g/mol. The van der Waals surface area contributed by atoms with Gasteiger partial charge in [-0.15, -0.1) is 23.0 Å². The lowest BCUT2D eigenvalue weighted by atomic mass is 10.2. The van der Waals surface area contributed by atoms with Gasteiger partial charge in [0.25, 0.3) is 5.56 Å². The summed E-state index contributed by atoms with van der Waals surface area (Å²) in [5.74, 6) is -0.0868. The molecule has 0 aliphatic rings. The summed E-state index contributed by atoms with van der Waals surface area (Å²) >= 11 is 7.39. The van der Waals surface area contributed by atoms with Crippen molar-refractivity contribution in [3.63, 3.8) is 0 Å². The fourth-order valence-corrected chi connectivity index (χ4v) is 3.67. The Morgan fingerprint density at radius 2 is 2.12 bits per heavy atom. The molecule has 0 fully saturated rings. The van der Waals surface area contributed by atoms with Crippen LogP contribution in [0.2, 0.25) is 4.34 Å². The standard InChI is InChI=1S/C18H17ClN4O2S/c1-2-10-22(12-13-7-8-16(19)26-13)17(24)9-11-23-18(25)14-5-3-4-6-15(14)20-21-23/h2-8H,1,9-12H2. The molecule has 134 valence electrons. The van der Waals surface area contributed by atoms with Crippen LogP contribution in [0.3, 0.4) is 0 Å². The molecule has 0 bridgehead atoms. The molecule has 0 spiro atoms. The van der Waals surface area contributed by atoms with Crippen molar-refractivity contribution >= 4 is 39.7 Å². The second-order valence-electron chi connectivity index (χ2n) is 5.65. The highest BCUT2D eigenvalue weighted by atomic mass is 35.5. The number of aryl methyl sites for hydroxylation is 1. The number of amides is 1. The van der Waals surface area contributed by atoms with Crippen molar-refractivity contribution in [1.29, 1.82) is 0 Å². The van der Waals surface area contributed by atoms with Gasteiger partial charge in [-0.05, 0) is 24.3 Å². The molecule has 1 amide bonds. The summed E-state index contributed by atoms with van der Waals surface area (Å²) in [5, 5.41) is 8.44. The molecule has 0 aliphatic heterocycles. The quantitative estimate of drug-likeness (QED) is 0.583. The van der Waals surface area contributed by atoms with Crippen molar-refractivity contribution in [2.75, 3.05) is 6.54 Å². The number of hydrogen-bond acceptors (Lipinski definition) is 5. The van der Waals surface area contributed by atoms with Gasteiger partial charge in [-0.2, -0.15) is 0 Å². The lowest BCUT2D eigenvalue weighted by Crippen LogP contribution is -2.33. The van der Waals surface area contributed by atoms with E-state index in [1.54, 1.807) is 35.2 Å². The number of carbonyl (C=O) groups is 1. The Hall–Kier alpha value is -2.51. The molecule has 2 aromatic heterocycles. The maximum atomic E-state index is 12.6.